The molecular formula is C8H10N2O3. The van der Waals surface area contributed by atoms with Crippen molar-refractivity contribution in [2.45, 2.75) is 13.3 Å². The predicted molar refractivity (Wildman–Crippen MR) is 44.8 cm³/mol. The molecule has 5 heteroatoms. The summed E-state index contributed by atoms with van der Waals surface area (Å²) in [6.45, 7) is 2.50. The normalized spacial score (nSPS) is 9.62. The molecule has 0 unspecified atom stereocenters. The van der Waals surface area contributed by atoms with Crippen molar-refractivity contribution >= 4 is 5.97 Å². The monoisotopic (exact) mass is 182 g/mol. The van der Waals surface area contributed by atoms with Gasteiger partial charge in [-0.3, -0.25) is 0 Å². The van der Waals surface area contributed by atoms with Crippen LogP contribution in [-0.2, 0) is 0 Å². The van der Waals surface area contributed by atoms with Gasteiger partial charge in [0.15, 0.2) is 0 Å². The highest BCUT2D eigenvalue weighted by Crippen LogP contribution is 2.02. The summed E-state index contributed by atoms with van der Waals surface area (Å²) in [5, 5.41) is 8.53. The maximum atomic E-state index is 10.4. The van der Waals surface area contributed by atoms with Crippen molar-refractivity contribution in [3.63, 3.8) is 0 Å². The Balaban J connectivity index is 2.64. The van der Waals surface area contributed by atoms with E-state index in [1.54, 1.807) is 0 Å². The van der Waals surface area contributed by atoms with Crippen LogP contribution in [0, 0.1) is 0 Å². The molecule has 0 aliphatic rings. The standard InChI is InChI=1S/C8H10N2O3/c1-2-3-13-8-9-4-6(5-10-8)7(11)12/h4-5H,2-3H2,1H3,(H,11,12). The minimum absolute atomic E-state index is 0.0591. The molecule has 0 amide bonds. The van der Waals surface area contributed by atoms with Gasteiger partial charge in [-0.2, -0.15) is 0 Å². The van der Waals surface area contributed by atoms with Crippen LogP contribution in [0.2, 0.25) is 0 Å². The molecule has 0 spiro atoms. The van der Waals surface area contributed by atoms with Gasteiger partial charge in [-0.25, -0.2) is 14.8 Å². The lowest BCUT2D eigenvalue weighted by Crippen LogP contribution is -2.02. The molecule has 1 aromatic heterocycles. The quantitative estimate of drug-likeness (QED) is 0.750. The summed E-state index contributed by atoms with van der Waals surface area (Å²) in [6, 6.07) is 0.215. The highest BCUT2D eigenvalue weighted by atomic mass is 16.5. The molecule has 0 saturated heterocycles. The highest BCUT2D eigenvalue weighted by molar-refractivity contribution is 5.86. The minimum atomic E-state index is -1.04. The van der Waals surface area contributed by atoms with E-state index in [9.17, 15) is 4.79 Å². The third-order valence-corrected chi connectivity index (χ3v) is 1.31. The first-order valence-electron chi connectivity index (χ1n) is 3.92. The molecular weight excluding hydrogens is 172 g/mol. The number of hydrogen-bond acceptors (Lipinski definition) is 4. The molecule has 1 N–H and O–H groups in total. The Morgan fingerprint density at radius 2 is 2.15 bits per heavy atom. The van der Waals surface area contributed by atoms with Gasteiger partial charge in [0.1, 0.15) is 0 Å². The van der Waals surface area contributed by atoms with Gasteiger partial charge < -0.3 is 9.84 Å². The number of rotatable bonds is 4. The van der Waals surface area contributed by atoms with Crippen LogP contribution in [0.15, 0.2) is 12.4 Å². The van der Waals surface area contributed by atoms with Gasteiger partial charge >= 0.3 is 12.0 Å². The van der Waals surface area contributed by atoms with Crippen LogP contribution in [-0.4, -0.2) is 27.7 Å². The third-order valence-electron chi connectivity index (χ3n) is 1.31. The van der Waals surface area contributed by atoms with Crippen molar-refractivity contribution < 1.29 is 14.6 Å². The van der Waals surface area contributed by atoms with Gasteiger partial charge in [-0.1, -0.05) is 6.92 Å². The first-order valence-corrected chi connectivity index (χ1v) is 3.92. The molecule has 0 radical (unpaired) electrons. The number of carbonyl (C=O) groups is 1. The number of aromatic nitrogens is 2. The molecule has 13 heavy (non-hydrogen) atoms. The van der Waals surface area contributed by atoms with Crippen LogP contribution in [0.1, 0.15) is 23.7 Å². The van der Waals surface area contributed by atoms with Crippen LogP contribution >= 0.6 is 0 Å². The van der Waals surface area contributed by atoms with Gasteiger partial charge in [0.05, 0.1) is 12.2 Å². The average molecular weight is 182 g/mol. The van der Waals surface area contributed by atoms with Crippen molar-refractivity contribution in [3.05, 3.63) is 18.0 Å². The summed E-state index contributed by atoms with van der Waals surface area (Å²) in [5.74, 6) is -1.04. The van der Waals surface area contributed by atoms with Crippen LogP contribution in [0.5, 0.6) is 6.01 Å². The SMILES string of the molecule is CCCOc1ncc(C(=O)O)cn1. The zero-order chi connectivity index (χ0) is 9.68. The summed E-state index contributed by atoms with van der Waals surface area (Å²) < 4.78 is 5.07. The van der Waals surface area contributed by atoms with Crippen molar-refractivity contribution in [3.8, 4) is 6.01 Å². The van der Waals surface area contributed by atoms with E-state index < -0.39 is 5.97 Å². The smallest absolute Gasteiger partial charge is 0.338 e. The molecule has 0 atom stereocenters. The van der Waals surface area contributed by atoms with E-state index in [2.05, 4.69) is 9.97 Å². The molecule has 1 aromatic rings. The minimum Gasteiger partial charge on any atom is -0.478 e. The predicted octanol–water partition coefficient (Wildman–Crippen LogP) is 0.964. The van der Waals surface area contributed by atoms with Gasteiger partial charge in [0, 0.05) is 12.4 Å². The summed E-state index contributed by atoms with van der Waals surface area (Å²) in [7, 11) is 0. The van der Waals surface area contributed by atoms with Gasteiger partial charge in [0.25, 0.3) is 0 Å². The third kappa shape index (κ3) is 2.70. The Labute approximate surface area is 75.4 Å². The topological polar surface area (TPSA) is 72.3 Å². The highest BCUT2D eigenvalue weighted by Gasteiger charge is 2.03. The molecule has 0 fully saturated rings. The van der Waals surface area contributed by atoms with Crippen LogP contribution < -0.4 is 4.74 Å². The van der Waals surface area contributed by atoms with Crippen LogP contribution in [0.4, 0.5) is 0 Å². The second kappa shape index (κ2) is 4.39. The summed E-state index contributed by atoms with van der Waals surface area (Å²) in [4.78, 5) is 17.9. The molecule has 0 aliphatic heterocycles. The number of carboxylic acids is 1. The van der Waals surface area contributed by atoms with Gasteiger partial charge in [-0.15, -0.1) is 0 Å². The second-order valence-corrected chi connectivity index (χ2v) is 2.41. The van der Waals surface area contributed by atoms with Crippen molar-refractivity contribution in [2.24, 2.45) is 0 Å². The van der Waals surface area contributed by atoms with Crippen molar-refractivity contribution in [1.29, 1.82) is 0 Å². The Kier molecular flexibility index (Phi) is 3.19. The second-order valence-electron chi connectivity index (χ2n) is 2.41. The molecule has 5 nitrogen and oxygen atoms in total. The summed E-state index contributed by atoms with van der Waals surface area (Å²) in [5.41, 5.74) is 0.0591. The molecule has 0 bridgehead atoms. The van der Waals surface area contributed by atoms with Crippen molar-refractivity contribution in [1.82, 2.24) is 9.97 Å². The Morgan fingerprint density at radius 3 is 2.62 bits per heavy atom. The van der Waals surface area contributed by atoms with E-state index in [0.717, 1.165) is 6.42 Å². The van der Waals surface area contributed by atoms with E-state index in [-0.39, 0.29) is 11.6 Å². The largest absolute Gasteiger partial charge is 0.478 e. The first kappa shape index (κ1) is 9.44. The Bertz CT molecular complexity index is 284. The number of ether oxygens (including phenoxy) is 1. The van der Waals surface area contributed by atoms with Gasteiger partial charge in [-0.05, 0) is 6.42 Å². The fraction of sp³-hybridized carbons (Fsp3) is 0.375. The number of hydrogen-bond donors (Lipinski definition) is 1. The maximum Gasteiger partial charge on any atom is 0.338 e. The van der Waals surface area contributed by atoms with Crippen LogP contribution in [0.25, 0.3) is 0 Å². The zero-order valence-corrected chi connectivity index (χ0v) is 7.23. The number of aromatic carboxylic acids is 1. The van der Waals surface area contributed by atoms with E-state index in [4.69, 9.17) is 9.84 Å². The average Bonchev–Trinajstić information content (AvgIpc) is 2.15. The van der Waals surface area contributed by atoms with E-state index in [1.807, 2.05) is 6.92 Å². The van der Waals surface area contributed by atoms with E-state index >= 15 is 0 Å². The maximum absolute atomic E-state index is 10.4. The Hall–Kier alpha value is -1.65. The van der Waals surface area contributed by atoms with E-state index in [0.29, 0.717) is 6.61 Å². The molecule has 1 heterocycles. The summed E-state index contributed by atoms with van der Waals surface area (Å²) >= 11 is 0. The Morgan fingerprint density at radius 1 is 1.54 bits per heavy atom. The fourth-order valence-corrected chi connectivity index (χ4v) is 0.695. The fourth-order valence-electron chi connectivity index (χ4n) is 0.695. The zero-order valence-electron chi connectivity index (χ0n) is 7.23. The van der Waals surface area contributed by atoms with Crippen LogP contribution in [0.3, 0.4) is 0 Å². The summed E-state index contributed by atoms with van der Waals surface area (Å²) in [6.07, 6.45) is 3.31. The molecule has 0 saturated carbocycles. The lowest BCUT2D eigenvalue weighted by Gasteiger charge is -2.00. The lowest BCUT2D eigenvalue weighted by molar-refractivity contribution is 0.0695. The molecule has 1 rings (SSSR count). The first-order chi connectivity index (χ1) is 6.24. The van der Waals surface area contributed by atoms with E-state index in [1.165, 1.54) is 12.4 Å². The van der Waals surface area contributed by atoms with Gasteiger partial charge in [0.2, 0.25) is 0 Å². The number of nitrogens with zero attached hydrogens (tertiary/aromatic N) is 2. The molecule has 0 aromatic carbocycles. The number of carboxylic acid groups (broad SMARTS) is 1. The lowest BCUT2D eigenvalue weighted by atomic mass is 10.4. The van der Waals surface area contributed by atoms with Crippen molar-refractivity contribution in [2.75, 3.05) is 6.61 Å². The molecule has 0 aliphatic carbocycles. The molecule has 70 valence electrons.